The fourth-order valence-corrected chi connectivity index (χ4v) is 8.41. The van der Waals surface area contributed by atoms with Crippen LogP contribution >= 0.6 is 11.3 Å². The summed E-state index contributed by atoms with van der Waals surface area (Å²) in [6.45, 7) is 9.01. The Labute approximate surface area is 247 Å². The molecule has 2 aliphatic rings. The van der Waals surface area contributed by atoms with Gasteiger partial charge in [-0.25, -0.2) is 19.1 Å². The molecule has 9 nitrogen and oxygen atoms in total. The average molecular weight is 592 g/mol. The Morgan fingerprint density at radius 2 is 1.86 bits per heavy atom. The van der Waals surface area contributed by atoms with E-state index in [0.717, 1.165) is 34.5 Å². The lowest BCUT2D eigenvalue weighted by Gasteiger charge is -2.27. The fourth-order valence-electron chi connectivity index (χ4n) is 7.17. The summed E-state index contributed by atoms with van der Waals surface area (Å²) in [4.78, 5) is 45.8. The van der Waals surface area contributed by atoms with Crippen molar-refractivity contribution < 1.29 is 19.1 Å². The molecule has 3 aromatic heterocycles. The Morgan fingerprint density at radius 3 is 2.48 bits per heavy atom. The summed E-state index contributed by atoms with van der Waals surface area (Å²) in [5, 5.41) is 10.3. The molecule has 0 saturated heterocycles. The van der Waals surface area contributed by atoms with Gasteiger partial charge >= 0.3 is 11.7 Å². The van der Waals surface area contributed by atoms with E-state index in [2.05, 4.69) is 11.9 Å². The minimum absolute atomic E-state index is 0.0672. The zero-order chi connectivity index (χ0) is 29.9. The van der Waals surface area contributed by atoms with Gasteiger partial charge in [-0.3, -0.25) is 9.36 Å². The first-order valence-electron chi connectivity index (χ1n) is 14.6. The molecule has 4 aromatic rings. The second-order valence-corrected chi connectivity index (χ2v) is 13.6. The molecule has 1 aromatic carbocycles. The first-order chi connectivity index (χ1) is 20.0. The zero-order valence-corrected chi connectivity index (χ0v) is 25.4. The number of fused-ring (bicyclic) bond motifs is 2. The smallest absolute Gasteiger partial charge is 0.333 e. The van der Waals surface area contributed by atoms with Crippen LogP contribution in [0.3, 0.4) is 0 Å². The summed E-state index contributed by atoms with van der Waals surface area (Å²) in [5.41, 5.74) is -0.492. The molecule has 0 radical (unpaired) electrons. The Kier molecular flexibility index (Phi) is 7.25. The molecular weight excluding hydrogens is 554 g/mol. The molecule has 0 bridgehead atoms. The Bertz CT molecular complexity index is 1750. The van der Waals surface area contributed by atoms with Gasteiger partial charge in [-0.1, -0.05) is 31.2 Å². The number of aryl methyl sites for hydroxylation is 2. The van der Waals surface area contributed by atoms with E-state index in [-0.39, 0.29) is 18.0 Å². The van der Waals surface area contributed by atoms with Crippen molar-refractivity contribution in [3.63, 3.8) is 0 Å². The van der Waals surface area contributed by atoms with Crippen molar-refractivity contribution >= 4 is 27.5 Å². The highest BCUT2D eigenvalue weighted by molar-refractivity contribution is 7.22. The Balaban J connectivity index is 1.52. The van der Waals surface area contributed by atoms with Crippen molar-refractivity contribution in [3.8, 4) is 10.8 Å². The molecule has 0 aliphatic heterocycles. The third kappa shape index (κ3) is 4.74. The molecule has 1 N–H and O–H groups in total. The summed E-state index contributed by atoms with van der Waals surface area (Å²) >= 11 is 1.25. The third-order valence-electron chi connectivity index (χ3n) is 9.37. The van der Waals surface area contributed by atoms with E-state index in [9.17, 15) is 19.5 Å². The number of hydrogen-bond donors (Lipinski definition) is 1. The van der Waals surface area contributed by atoms with Crippen LogP contribution in [0.5, 0.6) is 0 Å². The van der Waals surface area contributed by atoms with Gasteiger partial charge in [-0.05, 0) is 87.8 Å². The van der Waals surface area contributed by atoms with E-state index in [0.29, 0.717) is 33.0 Å². The summed E-state index contributed by atoms with van der Waals surface area (Å²) in [6.07, 6.45) is 7.03. The lowest BCUT2D eigenvalue weighted by atomic mass is 10.0. The highest BCUT2D eigenvalue weighted by Gasteiger charge is 2.42. The predicted octanol–water partition coefficient (Wildman–Crippen LogP) is 5.90. The highest BCUT2D eigenvalue weighted by atomic mass is 32.1. The van der Waals surface area contributed by atoms with E-state index in [1.807, 2.05) is 31.2 Å². The van der Waals surface area contributed by atoms with Gasteiger partial charge in [-0.2, -0.15) is 0 Å². The minimum Gasteiger partial charge on any atom is -0.480 e. The number of ether oxygens (including phenoxy) is 1. The molecule has 222 valence electrons. The Hall–Kier alpha value is -3.50. The summed E-state index contributed by atoms with van der Waals surface area (Å²) in [6, 6.07) is 7.99. The largest absolute Gasteiger partial charge is 0.480 e. The van der Waals surface area contributed by atoms with Crippen molar-refractivity contribution in [1.29, 1.82) is 0 Å². The van der Waals surface area contributed by atoms with Gasteiger partial charge in [0.25, 0.3) is 5.56 Å². The number of aliphatic carboxylic acids is 1. The van der Waals surface area contributed by atoms with Gasteiger partial charge in [0.1, 0.15) is 22.7 Å². The van der Waals surface area contributed by atoms with E-state index in [1.54, 1.807) is 6.92 Å². The molecule has 0 spiro atoms. The number of thiophene rings is 1. The van der Waals surface area contributed by atoms with Crippen molar-refractivity contribution in [2.24, 2.45) is 17.8 Å². The van der Waals surface area contributed by atoms with Crippen LogP contribution in [0.2, 0.25) is 0 Å². The lowest BCUT2D eigenvalue weighted by Crippen LogP contribution is -2.52. The van der Waals surface area contributed by atoms with Crippen LogP contribution < -0.4 is 11.2 Å². The number of nitrogens with zero attached hydrogens (tertiary/aromatic N) is 3. The SMILES string of the molecule is Cc1ccccc1C(Cn1c(=O)n(C(C)(C)C(=O)O)c(=O)c2c(C)c(-c3ncco3)sc21)OC1C[C@H]2CC(C)C[C@H]2C1. The second-order valence-electron chi connectivity index (χ2n) is 12.6. The number of carboxylic acid groups (broad SMARTS) is 1. The predicted molar refractivity (Wildman–Crippen MR) is 161 cm³/mol. The van der Waals surface area contributed by atoms with Crippen LogP contribution in [-0.4, -0.2) is 31.3 Å². The van der Waals surface area contributed by atoms with E-state index >= 15 is 0 Å². The van der Waals surface area contributed by atoms with E-state index < -0.39 is 28.9 Å². The second kappa shape index (κ2) is 10.6. The maximum Gasteiger partial charge on any atom is 0.333 e. The number of benzene rings is 1. The maximum atomic E-state index is 14.2. The summed E-state index contributed by atoms with van der Waals surface area (Å²) in [5.74, 6) is 1.15. The number of carbonyl (C=O) groups is 1. The zero-order valence-electron chi connectivity index (χ0n) is 24.6. The standard InChI is InChI=1S/C32H37N3O6S/c1-17-12-20-14-22(15-21(20)13-17)41-24(23-9-7-6-8-18(23)2)16-34-29-25(19(3)26(42-29)27-33-10-11-40-27)28(36)35(31(34)39)32(4,5)30(37)38/h6-11,17,20-22,24H,12-16H2,1-5H3,(H,37,38)/t17?,20-,21+,22?,24?. The number of rotatable bonds is 8. The molecule has 6 rings (SSSR count). The molecule has 5 atom stereocenters. The molecular formula is C32H37N3O6S. The normalized spacial score (nSPS) is 23.0. The maximum absolute atomic E-state index is 14.2. The molecule has 3 heterocycles. The molecule has 2 saturated carbocycles. The lowest BCUT2D eigenvalue weighted by molar-refractivity contribution is -0.146. The van der Waals surface area contributed by atoms with Crippen LogP contribution in [0.4, 0.5) is 0 Å². The summed E-state index contributed by atoms with van der Waals surface area (Å²) < 4.78 is 14.8. The van der Waals surface area contributed by atoms with Gasteiger partial charge in [0.15, 0.2) is 0 Å². The first-order valence-corrected chi connectivity index (χ1v) is 15.4. The van der Waals surface area contributed by atoms with E-state index in [1.165, 1.54) is 55.1 Å². The van der Waals surface area contributed by atoms with Crippen molar-refractivity contribution in [2.75, 3.05) is 0 Å². The van der Waals surface area contributed by atoms with Crippen LogP contribution in [0.25, 0.3) is 21.0 Å². The van der Waals surface area contributed by atoms with Crippen LogP contribution in [0, 0.1) is 31.6 Å². The minimum atomic E-state index is -1.78. The first kappa shape index (κ1) is 28.6. The van der Waals surface area contributed by atoms with Crippen LogP contribution in [0.15, 0.2) is 50.7 Å². The topological polar surface area (TPSA) is 117 Å². The number of carboxylic acids is 1. The average Bonchev–Trinajstić information content (AvgIpc) is 3.70. The van der Waals surface area contributed by atoms with Gasteiger partial charge in [0.05, 0.1) is 29.1 Å². The highest BCUT2D eigenvalue weighted by Crippen LogP contribution is 2.48. The van der Waals surface area contributed by atoms with Crippen molar-refractivity contribution in [1.82, 2.24) is 14.1 Å². The molecule has 0 amide bonds. The quantitative estimate of drug-likeness (QED) is 0.271. The van der Waals surface area contributed by atoms with Crippen LogP contribution in [-0.2, 0) is 21.6 Å². The molecule has 3 unspecified atom stereocenters. The third-order valence-corrected chi connectivity index (χ3v) is 10.7. The monoisotopic (exact) mass is 591 g/mol. The number of aromatic nitrogens is 3. The van der Waals surface area contributed by atoms with Gasteiger partial charge in [-0.15, -0.1) is 11.3 Å². The van der Waals surface area contributed by atoms with Crippen molar-refractivity contribution in [2.45, 2.75) is 84.6 Å². The fraction of sp³-hybridized carbons (Fsp3) is 0.500. The van der Waals surface area contributed by atoms with Gasteiger partial charge in [0.2, 0.25) is 5.89 Å². The molecule has 10 heteroatoms. The van der Waals surface area contributed by atoms with Gasteiger partial charge < -0.3 is 14.3 Å². The van der Waals surface area contributed by atoms with Gasteiger partial charge in [0, 0.05) is 0 Å². The number of oxazole rings is 1. The van der Waals surface area contributed by atoms with Crippen molar-refractivity contribution in [3.05, 3.63) is 74.3 Å². The molecule has 2 fully saturated rings. The molecule has 42 heavy (non-hydrogen) atoms. The van der Waals surface area contributed by atoms with E-state index in [4.69, 9.17) is 9.15 Å². The Morgan fingerprint density at radius 1 is 1.17 bits per heavy atom. The molecule has 2 aliphatic carbocycles. The summed E-state index contributed by atoms with van der Waals surface area (Å²) in [7, 11) is 0. The number of hydrogen-bond acceptors (Lipinski definition) is 7. The van der Waals surface area contributed by atoms with Crippen LogP contribution in [0.1, 0.15) is 69.2 Å².